The fraction of sp³-hybridized carbons (Fsp3) is 0.0714. The van der Waals surface area contributed by atoms with Crippen molar-refractivity contribution < 1.29 is 15.3 Å². The molecule has 0 unspecified atom stereocenters. The molecule has 6 heteroatoms. The van der Waals surface area contributed by atoms with Gasteiger partial charge in [0.25, 0.3) is 0 Å². The largest absolute Gasteiger partial charge is 0.504 e. The summed E-state index contributed by atoms with van der Waals surface area (Å²) in [6.07, 6.45) is 0.426. The number of aromatic hydroxyl groups is 3. The maximum Gasteiger partial charge on any atom is 0.201 e. The monoisotopic (exact) mass is 807 g/mol. The number of nitrogens with zero attached hydrogens (tertiary/aromatic N) is 3. The first-order valence-corrected chi connectivity index (χ1v) is 20.8. The second kappa shape index (κ2) is 16.6. The van der Waals surface area contributed by atoms with E-state index >= 15 is 0 Å². The summed E-state index contributed by atoms with van der Waals surface area (Å²) in [5.74, 6) is -1.27. The lowest BCUT2D eigenvalue weighted by Crippen LogP contribution is -2.08. The van der Waals surface area contributed by atoms with Gasteiger partial charge in [0, 0.05) is 27.7 Å². The number of hydrogen-bond acceptors (Lipinski definition) is 4. The van der Waals surface area contributed by atoms with Gasteiger partial charge in [-0.05, 0) is 101 Å². The molecule has 9 aromatic rings. The molecule has 1 aromatic heterocycles. The van der Waals surface area contributed by atoms with E-state index in [0.717, 1.165) is 39.0 Å². The maximum atomic E-state index is 11.3. The van der Waals surface area contributed by atoms with Crippen LogP contribution in [0.4, 0.5) is 0 Å². The number of phenolic OH excluding ortho intramolecular Hbond substituents is 3. The van der Waals surface area contributed by atoms with Gasteiger partial charge in [0.1, 0.15) is 0 Å². The third-order valence-electron chi connectivity index (χ3n) is 11.7. The highest BCUT2D eigenvalue weighted by atomic mass is 16.3. The van der Waals surface area contributed by atoms with Crippen LogP contribution in [0.1, 0.15) is 41.7 Å². The van der Waals surface area contributed by atoms with Gasteiger partial charge in [0.05, 0.1) is 22.3 Å². The van der Waals surface area contributed by atoms with E-state index in [1.807, 2.05) is 56.3 Å². The molecular formula is C56H45N3O3. The minimum absolute atomic E-state index is 0.170. The lowest BCUT2D eigenvalue weighted by molar-refractivity contribution is 0.364. The molecule has 0 aliphatic rings. The van der Waals surface area contributed by atoms with E-state index < -0.39 is 11.5 Å². The summed E-state index contributed by atoms with van der Waals surface area (Å²) < 4.78 is 2.37. The Bertz CT molecular complexity index is 3100. The molecule has 0 aliphatic carbocycles. The van der Waals surface area contributed by atoms with Gasteiger partial charge < -0.3 is 19.9 Å². The van der Waals surface area contributed by atoms with E-state index in [2.05, 4.69) is 145 Å². The molecule has 0 radical (unpaired) electrons. The fourth-order valence-corrected chi connectivity index (χ4v) is 8.60. The van der Waals surface area contributed by atoms with Crippen LogP contribution < -0.4 is 0 Å². The smallest absolute Gasteiger partial charge is 0.201 e. The number of phenols is 3. The predicted molar refractivity (Wildman–Crippen MR) is 257 cm³/mol. The van der Waals surface area contributed by atoms with E-state index in [-0.39, 0.29) is 17.1 Å². The highest BCUT2D eigenvalue weighted by molar-refractivity contribution is 6.21. The van der Waals surface area contributed by atoms with Crippen LogP contribution >= 0.6 is 0 Å². The summed E-state index contributed by atoms with van der Waals surface area (Å²) in [6, 6.07) is 60.7. The average molecular weight is 808 g/mol. The summed E-state index contributed by atoms with van der Waals surface area (Å²) in [5.41, 5.74) is 14.1. The molecule has 6 nitrogen and oxygen atoms in total. The van der Waals surface area contributed by atoms with Crippen LogP contribution in [-0.4, -0.2) is 31.4 Å². The van der Waals surface area contributed by atoms with Crippen molar-refractivity contribution in [1.29, 1.82) is 0 Å². The van der Waals surface area contributed by atoms with Gasteiger partial charge >= 0.3 is 0 Å². The maximum absolute atomic E-state index is 11.3. The van der Waals surface area contributed by atoms with Crippen LogP contribution in [0.25, 0.3) is 66.6 Å². The minimum Gasteiger partial charge on any atom is -0.504 e. The standard InChI is InChI=1S/C56H45N3O3/c1-5-45-35(2)50(54(61)55(62)53(45)60)56(57-36(3)38-18-9-6-10-19-38)58-37(4)42-24-15-25-43(34-42)39-30-32-44(33-31-39)59-48-28-16-26-46(40-20-11-7-12-21-40)51(48)52-47(27-17-29-49(52)59)41-22-13-8-14-23-41/h6-34,60-62H,3,5H2,1-2,4H3. The number of amidine groups is 1. The molecule has 0 saturated carbocycles. The van der Waals surface area contributed by atoms with E-state index in [1.54, 1.807) is 6.92 Å². The molecular weight excluding hydrogens is 763 g/mol. The van der Waals surface area contributed by atoms with Gasteiger partial charge in [0.2, 0.25) is 5.75 Å². The van der Waals surface area contributed by atoms with Crippen LogP contribution in [0, 0.1) is 6.92 Å². The lowest BCUT2D eigenvalue weighted by Gasteiger charge is -2.17. The molecule has 0 saturated heterocycles. The quantitative estimate of drug-likeness (QED) is 0.0771. The van der Waals surface area contributed by atoms with E-state index in [1.165, 1.54) is 33.0 Å². The number of hydrogen-bond donors (Lipinski definition) is 3. The Morgan fingerprint density at radius 1 is 0.532 bits per heavy atom. The summed E-state index contributed by atoms with van der Waals surface area (Å²) >= 11 is 0. The first-order chi connectivity index (χ1) is 30.2. The number of rotatable bonds is 9. The number of benzene rings is 8. The van der Waals surface area contributed by atoms with Crippen LogP contribution in [0.2, 0.25) is 0 Å². The van der Waals surface area contributed by atoms with Crippen molar-refractivity contribution in [2.75, 3.05) is 0 Å². The summed E-state index contributed by atoms with van der Waals surface area (Å²) in [6.45, 7) is 9.76. The molecule has 3 N–H and O–H groups in total. The van der Waals surface area contributed by atoms with Crippen molar-refractivity contribution in [3.05, 3.63) is 210 Å². The third-order valence-corrected chi connectivity index (χ3v) is 11.7. The molecule has 0 bridgehead atoms. The van der Waals surface area contributed by atoms with E-state index in [0.29, 0.717) is 29.0 Å². The van der Waals surface area contributed by atoms with Crippen molar-refractivity contribution in [3.8, 4) is 56.3 Å². The third kappa shape index (κ3) is 7.11. The second-order valence-corrected chi connectivity index (χ2v) is 15.4. The molecule has 302 valence electrons. The SMILES string of the molecule is C=C(N=C(N=C(C)c1cccc(-c2ccc(-n3c4cccc(-c5ccccc5)c4c4c(-c5ccccc5)cccc43)cc2)c1)c1c(C)c(CC)c(O)c(O)c1O)c1ccccc1. The summed E-state index contributed by atoms with van der Waals surface area (Å²) in [4.78, 5) is 9.83. The Balaban J connectivity index is 1.13. The Labute approximate surface area is 361 Å². The number of aromatic nitrogens is 1. The van der Waals surface area contributed by atoms with Crippen molar-refractivity contribution >= 4 is 39.1 Å². The first-order valence-electron chi connectivity index (χ1n) is 20.8. The van der Waals surface area contributed by atoms with Gasteiger partial charge in [-0.3, -0.25) is 0 Å². The normalized spacial score (nSPS) is 12.0. The minimum atomic E-state index is -0.604. The molecule has 0 spiro atoms. The Morgan fingerprint density at radius 2 is 1.05 bits per heavy atom. The summed E-state index contributed by atoms with van der Waals surface area (Å²) in [5, 5.41) is 35.2. The van der Waals surface area contributed by atoms with Crippen molar-refractivity contribution in [2.24, 2.45) is 9.98 Å². The molecule has 1 heterocycles. The number of fused-ring (bicyclic) bond motifs is 3. The molecule has 62 heavy (non-hydrogen) atoms. The first kappa shape index (κ1) is 39.5. The molecule has 8 aromatic carbocycles. The Kier molecular flexibility index (Phi) is 10.6. The predicted octanol–water partition coefficient (Wildman–Crippen LogP) is 13.7. The molecule has 0 aliphatic heterocycles. The molecule has 0 amide bonds. The highest BCUT2D eigenvalue weighted by Gasteiger charge is 2.25. The van der Waals surface area contributed by atoms with Gasteiger partial charge in [-0.25, -0.2) is 9.98 Å². The van der Waals surface area contributed by atoms with Crippen molar-refractivity contribution in [2.45, 2.75) is 27.2 Å². The van der Waals surface area contributed by atoms with Crippen molar-refractivity contribution in [1.82, 2.24) is 4.57 Å². The second-order valence-electron chi connectivity index (χ2n) is 15.4. The van der Waals surface area contributed by atoms with Gasteiger partial charge in [0.15, 0.2) is 17.3 Å². The van der Waals surface area contributed by atoms with Crippen molar-refractivity contribution in [3.63, 3.8) is 0 Å². The zero-order valence-electron chi connectivity index (χ0n) is 34.8. The average Bonchev–Trinajstić information content (AvgIpc) is 3.67. The molecule has 0 fully saturated rings. The highest BCUT2D eigenvalue weighted by Crippen LogP contribution is 2.45. The summed E-state index contributed by atoms with van der Waals surface area (Å²) in [7, 11) is 0. The van der Waals surface area contributed by atoms with Crippen LogP contribution in [0.15, 0.2) is 192 Å². The zero-order valence-corrected chi connectivity index (χ0v) is 34.8. The zero-order chi connectivity index (χ0) is 42.9. The number of aliphatic imine (C=N–C) groups is 2. The van der Waals surface area contributed by atoms with Crippen LogP contribution in [-0.2, 0) is 6.42 Å². The van der Waals surface area contributed by atoms with Gasteiger partial charge in [-0.1, -0.05) is 159 Å². The van der Waals surface area contributed by atoms with Crippen LogP contribution in [0.3, 0.4) is 0 Å². The van der Waals surface area contributed by atoms with E-state index in [4.69, 9.17) is 9.98 Å². The fourth-order valence-electron chi connectivity index (χ4n) is 8.60. The molecule has 0 atom stereocenters. The topological polar surface area (TPSA) is 90.3 Å². The molecule has 9 rings (SSSR count). The Morgan fingerprint density at radius 3 is 1.61 bits per heavy atom. The Hall–Kier alpha value is -7.96. The van der Waals surface area contributed by atoms with Gasteiger partial charge in [-0.15, -0.1) is 0 Å². The van der Waals surface area contributed by atoms with Gasteiger partial charge in [-0.2, -0.15) is 0 Å². The van der Waals surface area contributed by atoms with E-state index in [9.17, 15) is 15.3 Å². The lowest BCUT2D eigenvalue weighted by atomic mass is 9.95. The van der Waals surface area contributed by atoms with Crippen LogP contribution in [0.5, 0.6) is 17.2 Å².